The fourth-order valence-corrected chi connectivity index (χ4v) is 2.08. The third kappa shape index (κ3) is 7.11. The van der Waals surface area contributed by atoms with Gasteiger partial charge in [-0.3, -0.25) is 9.59 Å². The fraction of sp³-hybridized carbons (Fsp3) is 0.529. The molecule has 5 nitrogen and oxygen atoms in total. The van der Waals surface area contributed by atoms with Gasteiger partial charge in [0.15, 0.2) is 0 Å². The number of esters is 1. The number of rotatable bonds is 9. The lowest BCUT2D eigenvalue weighted by molar-refractivity contribution is -0.140. The van der Waals surface area contributed by atoms with E-state index in [1.165, 1.54) is 7.11 Å². The van der Waals surface area contributed by atoms with Crippen LogP contribution in [0.2, 0.25) is 0 Å². The number of nitrogens with one attached hydrogen (secondary N) is 1. The molecule has 0 bridgehead atoms. The summed E-state index contributed by atoms with van der Waals surface area (Å²) in [6.45, 7) is 0. The fourth-order valence-electron chi connectivity index (χ4n) is 2.08. The first kappa shape index (κ1) is 18.0. The zero-order chi connectivity index (χ0) is 16.4. The number of hydrogen-bond acceptors (Lipinski definition) is 4. The van der Waals surface area contributed by atoms with Crippen molar-refractivity contribution in [1.82, 2.24) is 0 Å². The predicted octanol–water partition coefficient (Wildman–Crippen LogP) is 3.20. The number of carbonyl (C=O) groups is 2. The average Bonchev–Trinajstić information content (AvgIpc) is 2.50. The SMILES string of the molecule is COC(=O)CCCCCCC(=O)Nc1ccc(N(C)C)cc1. The molecule has 122 valence electrons. The minimum absolute atomic E-state index is 0.0329. The summed E-state index contributed by atoms with van der Waals surface area (Å²) in [5.74, 6) is -0.135. The van der Waals surface area contributed by atoms with Gasteiger partial charge < -0.3 is 15.0 Å². The zero-order valence-electron chi connectivity index (χ0n) is 13.7. The van der Waals surface area contributed by atoms with Crippen molar-refractivity contribution < 1.29 is 14.3 Å². The molecule has 1 aromatic carbocycles. The van der Waals surface area contributed by atoms with Crippen LogP contribution in [0.3, 0.4) is 0 Å². The summed E-state index contributed by atoms with van der Waals surface area (Å²) in [7, 11) is 5.36. The van der Waals surface area contributed by atoms with Gasteiger partial charge in [0.1, 0.15) is 0 Å². The Bertz CT molecular complexity index is 469. The van der Waals surface area contributed by atoms with Gasteiger partial charge in [-0.2, -0.15) is 0 Å². The van der Waals surface area contributed by atoms with Gasteiger partial charge in [0.05, 0.1) is 7.11 Å². The summed E-state index contributed by atoms with van der Waals surface area (Å²) in [5.41, 5.74) is 1.92. The maximum absolute atomic E-state index is 11.8. The van der Waals surface area contributed by atoms with Crippen molar-refractivity contribution in [3.8, 4) is 0 Å². The van der Waals surface area contributed by atoms with Crippen molar-refractivity contribution in [2.24, 2.45) is 0 Å². The second-order valence-corrected chi connectivity index (χ2v) is 5.48. The maximum Gasteiger partial charge on any atom is 0.305 e. The van der Waals surface area contributed by atoms with Gasteiger partial charge in [0.25, 0.3) is 0 Å². The van der Waals surface area contributed by atoms with Gasteiger partial charge >= 0.3 is 5.97 Å². The van der Waals surface area contributed by atoms with Crippen molar-refractivity contribution in [3.05, 3.63) is 24.3 Å². The van der Waals surface area contributed by atoms with Crippen LogP contribution in [-0.4, -0.2) is 33.1 Å². The Balaban J connectivity index is 2.17. The Labute approximate surface area is 132 Å². The third-order valence-electron chi connectivity index (χ3n) is 3.43. The van der Waals surface area contributed by atoms with Crippen LogP contribution in [0.4, 0.5) is 11.4 Å². The maximum atomic E-state index is 11.8. The highest BCUT2D eigenvalue weighted by molar-refractivity contribution is 5.90. The van der Waals surface area contributed by atoms with Crippen LogP contribution in [0.15, 0.2) is 24.3 Å². The predicted molar refractivity (Wildman–Crippen MR) is 89.1 cm³/mol. The van der Waals surface area contributed by atoms with E-state index >= 15 is 0 Å². The van der Waals surface area contributed by atoms with Crippen LogP contribution in [0.5, 0.6) is 0 Å². The van der Waals surface area contributed by atoms with Crippen molar-refractivity contribution >= 4 is 23.3 Å². The first-order chi connectivity index (χ1) is 10.5. The van der Waals surface area contributed by atoms with Gasteiger partial charge in [-0.05, 0) is 37.1 Å². The molecule has 0 unspecified atom stereocenters. The van der Waals surface area contributed by atoms with E-state index in [-0.39, 0.29) is 11.9 Å². The Kier molecular flexibility index (Phi) is 8.04. The molecule has 0 saturated carbocycles. The molecular weight excluding hydrogens is 280 g/mol. The first-order valence-corrected chi connectivity index (χ1v) is 7.67. The Hall–Kier alpha value is -2.04. The summed E-state index contributed by atoms with van der Waals surface area (Å²) in [6.07, 6.45) is 4.52. The number of ether oxygens (including phenoxy) is 1. The van der Waals surface area contributed by atoms with E-state index in [1.807, 2.05) is 43.3 Å². The average molecular weight is 306 g/mol. The highest BCUT2D eigenvalue weighted by Gasteiger charge is 2.04. The van der Waals surface area contributed by atoms with Crippen LogP contribution >= 0.6 is 0 Å². The number of hydrogen-bond donors (Lipinski definition) is 1. The molecule has 0 atom stereocenters. The van der Waals surface area contributed by atoms with Crippen molar-refractivity contribution in [1.29, 1.82) is 0 Å². The highest BCUT2D eigenvalue weighted by Crippen LogP contribution is 2.16. The molecule has 1 rings (SSSR count). The number of nitrogens with zero attached hydrogens (tertiary/aromatic N) is 1. The molecule has 0 aromatic heterocycles. The summed E-state index contributed by atoms with van der Waals surface area (Å²) < 4.78 is 4.58. The number of benzene rings is 1. The van der Waals surface area contributed by atoms with Crippen LogP contribution in [0.25, 0.3) is 0 Å². The highest BCUT2D eigenvalue weighted by atomic mass is 16.5. The van der Waals surface area contributed by atoms with Gasteiger partial charge in [0, 0.05) is 38.3 Å². The molecule has 0 radical (unpaired) electrons. The molecule has 0 aliphatic carbocycles. The monoisotopic (exact) mass is 306 g/mol. The van der Waals surface area contributed by atoms with E-state index in [2.05, 4.69) is 10.1 Å². The molecule has 22 heavy (non-hydrogen) atoms. The quantitative estimate of drug-likeness (QED) is 0.562. The van der Waals surface area contributed by atoms with Crippen LogP contribution in [0.1, 0.15) is 38.5 Å². The number of methoxy groups -OCH3 is 1. The summed E-state index contributed by atoms with van der Waals surface area (Å²) >= 11 is 0. The lowest BCUT2D eigenvalue weighted by Gasteiger charge is -2.13. The summed E-state index contributed by atoms with van der Waals surface area (Å²) in [5, 5.41) is 2.89. The molecule has 1 aromatic rings. The van der Waals surface area contributed by atoms with E-state index in [0.717, 1.165) is 37.1 Å². The molecule has 0 heterocycles. The van der Waals surface area contributed by atoms with Crippen LogP contribution in [-0.2, 0) is 14.3 Å². The van der Waals surface area contributed by atoms with Gasteiger partial charge in [-0.25, -0.2) is 0 Å². The molecule has 0 aliphatic heterocycles. The topological polar surface area (TPSA) is 58.6 Å². The first-order valence-electron chi connectivity index (χ1n) is 7.67. The molecule has 0 spiro atoms. The standard InChI is InChI=1S/C17H26N2O3/c1-19(2)15-12-10-14(11-13-15)18-16(20)8-6-4-5-7-9-17(21)22-3/h10-13H,4-9H2,1-3H3,(H,18,20). The lowest BCUT2D eigenvalue weighted by Crippen LogP contribution is -2.12. The second-order valence-electron chi connectivity index (χ2n) is 5.48. The van der Waals surface area contributed by atoms with E-state index < -0.39 is 0 Å². The number of amides is 1. The number of anilines is 2. The van der Waals surface area contributed by atoms with Gasteiger partial charge in [0.2, 0.25) is 5.91 Å². The van der Waals surface area contributed by atoms with Gasteiger partial charge in [-0.15, -0.1) is 0 Å². The van der Waals surface area contributed by atoms with Crippen molar-refractivity contribution in [3.63, 3.8) is 0 Å². The van der Waals surface area contributed by atoms with E-state index in [4.69, 9.17) is 0 Å². The van der Waals surface area contributed by atoms with Crippen LogP contribution < -0.4 is 10.2 Å². The Morgan fingerprint density at radius 2 is 1.59 bits per heavy atom. The Morgan fingerprint density at radius 1 is 1.00 bits per heavy atom. The number of unbranched alkanes of at least 4 members (excludes halogenated alkanes) is 3. The van der Waals surface area contributed by atoms with Crippen molar-refractivity contribution in [2.75, 3.05) is 31.4 Å². The molecule has 0 fully saturated rings. The molecular formula is C17H26N2O3. The second kappa shape index (κ2) is 9.82. The minimum Gasteiger partial charge on any atom is -0.469 e. The van der Waals surface area contributed by atoms with E-state index in [1.54, 1.807) is 0 Å². The molecule has 0 aliphatic rings. The largest absolute Gasteiger partial charge is 0.469 e. The molecule has 1 amide bonds. The number of carbonyl (C=O) groups excluding carboxylic acids is 2. The zero-order valence-corrected chi connectivity index (χ0v) is 13.7. The Morgan fingerprint density at radius 3 is 2.14 bits per heavy atom. The van der Waals surface area contributed by atoms with Gasteiger partial charge in [-0.1, -0.05) is 12.8 Å². The van der Waals surface area contributed by atoms with Crippen LogP contribution in [0, 0.1) is 0 Å². The molecule has 5 heteroatoms. The van der Waals surface area contributed by atoms with E-state index in [0.29, 0.717) is 12.8 Å². The summed E-state index contributed by atoms with van der Waals surface area (Å²) in [6, 6.07) is 7.76. The molecule has 0 saturated heterocycles. The minimum atomic E-state index is -0.168. The lowest BCUT2D eigenvalue weighted by atomic mass is 10.1. The van der Waals surface area contributed by atoms with E-state index in [9.17, 15) is 9.59 Å². The molecule has 1 N–H and O–H groups in total. The third-order valence-corrected chi connectivity index (χ3v) is 3.43. The summed E-state index contributed by atoms with van der Waals surface area (Å²) in [4.78, 5) is 24.8. The normalized spacial score (nSPS) is 10.1. The smallest absolute Gasteiger partial charge is 0.305 e. The van der Waals surface area contributed by atoms with Crippen molar-refractivity contribution in [2.45, 2.75) is 38.5 Å².